The molecular formula is C26H39ClN2O2S. The van der Waals surface area contributed by atoms with Crippen LogP contribution in [0.1, 0.15) is 68.2 Å². The molecular weight excluding hydrogens is 440 g/mol. The maximum Gasteiger partial charge on any atom is 0.211 e. The SMILES string of the molecule is CCCS(=O)(=O)NCCCc1ccc2c(c1)C(Cc1ccccc1)C(NC(C)C)CC2.Cl. The highest BCUT2D eigenvalue weighted by Gasteiger charge is 2.30. The van der Waals surface area contributed by atoms with Gasteiger partial charge in [0, 0.05) is 24.5 Å². The Morgan fingerprint density at radius 1 is 1.06 bits per heavy atom. The summed E-state index contributed by atoms with van der Waals surface area (Å²) in [5.74, 6) is 0.661. The van der Waals surface area contributed by atoms with Gasteiger partial charge >= 0.3 is 0 Å². The van der Waals surface area contributed by atoms with Crippen molar-refractivity contribution < 1.29 is 8.42 Å². The second-order valence-corrected chi connectivity index (χ2v) is 11.0. The Bertz CT molecular complexity index is 932. The largest absolute Gasteiger partial charge is 0.311 e. The average molecular weight is 479 g/mol. The first-order chi connectivity index (χ1) is 14.9. The molecule has 0 aliphatic heterocycles. The van der Waals surface area contributed by atoms with Gasteiger partial charge in [0.1, 0.15) is 0 Å². The van der Waals surface area contributed by atoms with Crippen LogP contribution < -0.4 is 10.0 Å². The minimum atomic E-state index is -3.12. The Morgan fingerprint density at radius 2 is 1.81 bits per heavy atom. The zero-order chi connectivity index (χ0) is 22.3. The number of hydrogen-bond donors (Lipinski definition) is 2. The van der Waals surface area contributed by atoms with Gasteiger partial charge in [0.05, 0.1) is 5.75 Å². The lowest BCUT2D eigenvalue weighted by molar-refractivity contribution is 0.359. The molecule has 0 spiro atoms. The number of halogens is 1. The van der Waals surface area contributed by atoms with Crippen LogP contribution in [0.2, 0.25) is 0 Å². The quantitative estimate of drug-likeness (QED) is 0.446. The van der Waals surface area contributed by atoms with Crippen molar-refractivity contribution in [3.05, 3.63) is 70.8 Å². The lowest BCUT2D eigenvalue weighted by Gasteiger charge is -2.36. The number of nitrogens with one attached hydrogen (secondary N) is 2. The molecule has 1 aliphatic rings. The lowest BCUT2D eigenvalue weighted by atomic mass is 9.75. The topological polar surface area (TPSA) is 58.2 Å². The zero-order valence-corrected chi connectivity index (χ0v) is 21.3. The van der Waals surface area contributed by atoms with Crippen LogP contribution in [-0.2, 0) is 29.3 Å². The summed E-state index contributed by atoms with van der Waals surface area (Å²) >= 11 is 0. The van der Waals surface area contributed by atoms with Crippen molar-refractivity contribution in [1.82, 2.24) is 10.0 Å². The Balaban J connectivity index is 0.00000363. The molecule has 2 aromatic carbocycles. The normalized spacial score (nSPS) is 18.2. The standard InChI is InChI=1S/C26H38N2O2S.ClH/c1-4-17-31(29,30)27-16-8-11-22-12-13-23-14-15-26(28-20(2)3)25(24(23)18-22)19-21-9-6-5-7-10-21;/h5-7,9-10,12-13,18,20,25-28H,4,8,11,14-17,19H2,1-3H3;1H. The van der Waals surface area contributed by atoms with Crippen LogP contribution in [0.5, 0.6) is 0 Å². The summed E-state index contributed by atoms with van der Waals surface area (Å²) in [6.45, 7) is 6.85. The molecule has 2 unspecified atom stereocenters. The van der Waals surface area contributed by atoms with Crippen molar-refractivity contribution in [2.24, 2.45) is 0 Å². The number of benzene rings is 2. The highest BCUT2D eigenvalue weighted by Crippen LogP contribution is 2.35. The van der Waals surface area contributed by atoms with E-state index >= 15 is 0 Å². The number of sulfonamides is 1. The maximum absolute atomic E-state index is 11.9. The molecule has 1 aliphatic carbocycles. The molecule has 4 nitrogen and oxygen atoms in total. The molecule has 0 radical (unpaired) electrons. The van der Waals surface area contributed by atoms with Gasteiger partial charge in [-0.2, -0.15) is 0 Å². The number of aryl methyl sites for hydroxylation is 2. The maximum atomic E-state index is 11.9. The summed E-state index contributed by atoms with van der Waals surface area (Å²) in [6, 6.07) is 18.6. The van der Waals surface area contributed by atoms with Crippen LogP contribution in [0.3, 0.4) is 0 Å². The van der Waals surface area contributed by atoms with Gasteiger partial charge in [-0.15, -0.1) is 12.4 Å². The van der Waals surface area contributed by atoms with Crippen molar-refractivity contribution in [3.63, 3.8) is 0 Å². The van der Waals surface area contributed by atoms with E-state index in [0.29, 0.717) is 31.0 Å². The molecule has 6 heteroatoms. The first-order valence-electron chi connectivity index (χ1n) is 11.8. The van der Waals surface area contributed by atoms with E-state index in [9.17, 15) is 8.42 Å². The molecule has 0 fully saturated rings. The van der Waals surface area contributed by atoms with Crippen molar-refractivity contribution in [1.29, 1.82) is 0 Å². The number of hydrogen-bond acceptors (Lipinski definition) is 3. The third kappa shape index (κ3) is 7.87. The summed E-state index contributed by atoms with van der Waals surface area (Å²) in [6.07, 6.45) is 5.68. The highest BCUT2D eigenvalue weighted by atomic mass is 35.5. The zero-order valence-electron chi connectivity index (χ0n) is 19.6. The van der Waals surface area contributed by atoms with Crippen LogP contribution >= 0.6 is 12.4 Å². The third-order valence-corrected chi connectivity index (χ3v) is 7.69. The molecule has 0 bridgehead atoms. The Labute approximate surface area is 201 Å². The molecule has 2 aromatic rings. The van der Waals surface area contributed by atoms with Crippen molar-refractivity contribution in [3.8, 4) is 0 Å². The van der Waals surface area contributed by atoms with Crippen LogP contribution in [0, 0.1) is 0 Å². The minimum absolute atomic E-state index is 0. The summed E-state index contributed by atoms with van der Waals surface area (Å²) in [7, 11) is -3.12. The molecule has 3 rings (SSSR count). The lowest BCUT2D eigenvalue weighted by Crippen LogP contribution is -2.42. The van der Waals surface area contributed by atoms with Gasteiger partial charge in [0.15, 0.2) is 0 Å². The molecule has 0 saturated heterocycles. The number of fused-ring (bicyclic) bond motifs is 1. The van der Waals surface area contributed by atoms with E-state index in [2.05, 4.69) is 72.4 Å². The molecule has 0 heterocycles. The Hall–Kier alpha value is -1.40. The van der Waals surface area contributed by atoms with Crippen molar-refractivity contribution >= 4 is 22.4 Å². The summed E-state index contributed by atoms with van der Waals surface area (Å²) in [5.41, 5.74) is 5.62. The van der Waals surface area contributed by atoms with Gasteiger partial charge in [0.25, 0.3) is 0 Å². The molecule has 0 amide bonds. The molecule has 2 atom stereocenters. The van der Waals surface area contributed by atoms with E-state index in [1.165, 1.54) is 28.7 Å². The van der Waals surface area contributed by atoms with E-state index in [1.54, 1.807) is 0 Å². The summed E-state index contributed by atoms with van der Waals surface area (Å²) in [5, 5.41) is 3.82. The third-order valence-electron chi connectivity index (χ3n) is 6.10. The van der Waals surface area contributed by atoms with Gasteiger partial charge in [-0.25, -0.2) is 13.1 Å². The van der Waals surface area contributed by atoms with E-state index < -0.39 is 10.0 Å². The van der Waals surface area contributed by atoms with Gasteiger partial charge in [-0.05, 0) is 60.8 Å². The highest BCUT2D eigenvalue weighted by molar-refractivity contribution is 7.89. The van der Waals surface area contributed by atoms with Crippen molar-refractivity contribution in [2.75, 3.05) is 12.3 Å². The van der Waals surface area contributed by atoms with Crippen LogP contribution in [0.4, 0.5) is 0 Å². The monoisotopic (exact) mass is 478 g/mol. The predicted octanol–water partition coefficient (Wildman–Crippen LogP) is 5.01. The predicted molar refractivity (Wildman–Crippen MR) is 137 cm³/mol. The van der Waals surface area contributed by atoms with Crippen LogP contribution in [-0.4, -0.2) is 32.8 Å². The molecule has 0 aromatic heterocycles. The van der Waals surface area contributed by atoms with Crippen molar-refractivity contribution in [2.45, 2.75) is 77.3 Å². The van der Waals surface area contributed by atoms with Gasteiger partial charge in [-0.3, -0.25) is 0 Å². The summed E-state index contributed by atoms with van der Waals surface area (Å²) in [4.78, 5) is 0. The van der Waals surface area contributed by atoms with E-state index in [4.69, 9.17) is 0 Å². The smallest absolute Gasteiger partial charge is 0.211 e. The fraction of sp³-hybridized carbons (Fsp3) is 0.538. The van der Waals surface area contributed by atoms with Gasteiger partial charge in [-0.1, -0.05) is 69.3 Å². The molecule has 0 saturated carbocycles. The minimum Gasteiger partial charge on any atom is -0.311 e. The van der Waals surface area contributed by atoms with Crippen LogP contribution in [0.25, 0.3) is 0 Å². The molecule has 178 valence electrons. The Morgan fingerprint density at radius 3 is 2.50 bits per heavy atom. The van der Waals surface area contributed by atoms with E-state index in [0.717, 1.165) is 25.7 Å². The number of rotatable bonds is 11. The van der Waals surface area contributed by atoms with Gasteiger partial charge < -0.3 is 5.32 Å². The first kappa shape index (κ1) is 26.8. The fourth-order valence-corrected chi connectivity index (χ4v) is 5.85. The molecule has 32 heavy (non-hydrogen) atoms. The van der Waals surface area contributed by atoms with Crippen LogP contribution in [0.15, 0.2) is 48.5 Å². The molecule has 2 N–H and O–H groups in total. The van der Waals surface area contributed by atoms with Gasteiger partial charge in [0.2, 0.25) is 10.0 Å². The average Bonchev–Trinajstić information content (AvgIpc) is 2.73. The second kappa shape index (κ2) is 12.7. The first-order valence-corrected chi connectivity index (χ1v) is 13.4. The van der Waals surface area contributed by atoms with E-state index in [1.807, 2.05) is 6.92 Å². The fourth-order valence-electron chi connectivity index (χ4n) is 4.71. The second-order valence-electron chi connectivity index (χ2n) is 9.11. The van der Waals surface area contributed by atoms with E-state index in [-0.39, 0.29) is 18.2 Å². The summed E-state index contributed by atoms with van der Waals surface area (Å²) < 4.78 is 26.4. The Kier molecular flexibility index (Phi) is 10.7.